The molecule has 142 valence electrons. The number of benzene rings is 2. The zero-order valence-corrected chi connectivity index (χ0v) is 16.0. The van der Waals surface area contributed by atoms with Gasteiger partial charge in [0.2, 0.25) is 5.91 Å². The molecule has 1 aromatic heterocycles. The first kappa shape index (κ1) is 18.2. The number of hydrogen-bond acceptors (Lipinski definition) is 5. The Hall–Kier alpha value is -3.13. The quantitative estimate of drug-likeness (QED) is 0.712. The molecule has 0 spiro atoms. The summed E-state index contributed by atoms with van der Waals surface area (Å²) in [4.78, 5) is 46.4. The van der Waals surface area contributed by atoms with Crippen molar-refractivity contribution in [1.29, 1.82) is 0 Å². The lowest BCUT2D eigenvalue weighted by atomic mass is 10.1. The number of H-pyrrole nitrogens is 1. The molecule has 7 nitrogen and oxygen atoms in total. The van der Waals surface area contributed by atoms with Gasteiger partial charge in [-0.2, -0.15) is 0 Å². The summed E-state index contributed by atoms with van der Waals surface area (Å²) in [7, 11) is 1.65. The number of fused-ring (bicyclic) bond motifs is 2. The lowest BCUT2D eigenvalue weighted by Gasteiger charge is -2.18. The minimum absolute atomic E-state index is 0.0536. The molecule has 2 aromatic carbocycles. The van der Waals surface area contributed by atoms with Crippen LogP contribution in [0.4, 0.5) is 5.69 Å². The van der Waals surface area contributed by atoms with Crippen molar-refractivity contribution in [3.63, 3.8) is 0 Å². The van der Waals surface area contributed by atoms with Crippen molar-refractivity contribution in [2.75, 3.05) is 18.1 Å². The molecule has 28 heavy (non-hydrogen) atoms. The Morgan fingerprint density at radius 3 is 2.89 bits per heavy atom. The van der Waals surface area contributed by atoms with Crippen molar-refractivity contribution >= 4 is 40.2 Å². The largest absolute Gasteiger partial charge is 0.334 e. The van der Waals surface area contributed by atoms with Crippen LogP contribution >= 0.6 is 11.8 Å². The fourth-order valence-electron chi connectivity index (χ4n) is 3.08. The Morgan fingerprint density at radius 1 is 1.21 bits per heavy atom. The van der Waals surface area contributed by atoms with E-state index in [-0.39, 0.29) is 23.9 Å². The van der Waals surface area contributed by atoms with E-state index in [9.17, 15) is 14.4 Å². The van der Waals surface area contributed by atoms with Crippen molar-refractivity contribution in [3.8, 4) is 0 Å². The van der Waals surface area contributed by atoms with Crippen LogP contribution in [0.15, 0.2) is 52.2 Å². The van der Waals surface area contributed by atoms with Crippen molar-refractivity contribution in [2.45, 2.75) is 17.9 Å². The molecule has 0 radical (unpaired) electrons. The topological polar surface area (TPSA) is 95.2 Å². The van der Waals surface area contributed by atoms with E-state index >= 15 is 0 Å². The SMILES string of the molecule is CN(Cc1nc2ccccc2c(=O)[nH]1)C(=O)c1ccc2c(c1)NC(=O)CCS2. The van der Waals surface area contributed by atoms with Crippen LogP contribution in [-0.4, -0.2) is 39.5 Å². The number of aromatic nitrogens is 2. The Bertz CT molecular complexity index is 1140. The zero-order chi connectivity index (χ0) is 19.7. The molecule has 0 aliphatic carbocycles. The fourth-order valence-corrected chi connectivity index (χ4v) is 4.02. The molecule has 4 rings (SSSR count). The second-order valence-electron chi connectivity index (χ2n) is 6.55. The Labute approximate surface area is 165 Å². The summed E-state index contributed by atoms with van der Waals surface area (Å²) in [6.45, 7) is 0.164. The Kier molecular flexibility index (Phi) is 4.87. The van der Waals surface area contributed by atoms with E-state index in [4.69, 9.17) is 0 Å². The molecule has 2 N–H and O–H groups in total. The van der Waals surface area contributed by atoms with Gasteiger partial charge in [0.1, 0.15) is 5.82 Å². The summed E-state index contributed by atoms with van der Waals surface area (Å²) < 4.78 is 0. The monoisotopic (exact) mass is 394 g/mol. The van der Waals surface area contributed by atoms with Crippen LogP contribution < -0.4 is 10.9 Å². The molecule has 0 saturated heterocycles. The Morgan fingerprint density at radius 2 is 2.04 bits per heavy atom. The number of carbonyl (C=O) groups excluding carboxylic acids is 2. The number of anilines is 1. The summed E-state index contributed by atoms with van der Waals surface area (Å²) in [5.41, 5.74) is 1.48. The molecular formula is C20H18N4O3S. The number of thioether (sulfide) groups is 1. The first-order chi connectivity index (χ1) is 13.5. The summed E-state index contributed by atoms with van der Waals surface area (Å²) in [5, 5.41) is 3.36. The van der Waals surface area contributed by atoms with Gasteiger partial charge < -0.3 is 15.2 Å². The summed E-state index contributed by atoms with van der Waals surface area (Å²) >= 11 is 1.59. The van der Waals surface area contributed by atoms with Crippen molar-refractivity contribution < 1.29 is 9.59 Å². The molecule has 0 fully saturated rings. The molecule has 0 unspecified atom stereocenters. The second kappa shape index (κ2) is 7.47. The third kappa shape index (κ3) is 3.63. The molecule has 8 heteroatoms. The van der Waals surface area contributed by atoms with Gasteiger partial charge in [-0.1, -0.05) is 12.1 Å². The zero-order valence-electron chi connectivity index (χ0n) is 15.2. The van der Waals surface area contributed by atoms with Crippen LogP contribution in [0.5, 0.6) is 0 Å². The highest BCUT2D eigenvalue weighted by molar-refractivity contribution is 7.99. The summed E-state index contributed by atoms with van der Waals surface area (Å²) in [6.07, 6.45) is 0.448. The van der Waals surface area contributed by atoms with E-state index in [0.29, 0.717) is 40.2 Å². The van der Waals surface area contributed by atoms with Gasteiger partial charge in [-0.3, -0.25) is 14.4 Å². The van der Waals surface area contributed by atoms with E-state index in [1.165, 1.54) is 4.90 Å². The van der Waals surface area contributed by atoms with Gasteiger partial charge in [0.15, 0.2) is 0 Å². The van der Waals surface area contributed by atoms with E-state index in [0.717, 1.165) is 4.90 Å². The van der Waals surface area contributed by atoms with Gasteiger partial charge in [0.05, 0.1) is 23.1 Å². The summed E-state index contributed by atoms with van der Waals surface area (Å²) in [6, 6.07) is 12.4. The molecule has 0 atom stereocenters. The molecule has 2 heterocycles. The third-order valence-corrected chi connectivity index (χ3v) is 5.56. The molecule has 2 amide bonds. The lowest BCUT2D eigenvalue weighted by Crippen LogP contribution is -2.28. The summed E-state index contributed by atoms with van der Waals surface area (Å²) in [5.74, 6) is 0.856. The average molecular weight is 394 g/mol. The molecule has 1 aliphatic heterocycles. The van der Waals surface area contributed by atoms with Crippen molar-refractivity contribution in [1.82, 2.24) is 14.9 Å². The van der Waals surface area contributed by atoms with Gasteiger partial charge >= 0.3 is 0 Å². The number of rotatable bonds is 3. The molecular weight excluding hydrogens is 376 g/mol. The first-order valence-corrected chi connectivity index (χ1v) is 9.80. The molecule has 0 saturated carbocycles. The maximum absolute atomic E-state index is 12.8. The van der Waals surface area contributed by atoms with Gasteiger partial charge in [-0.15, -0.1) is 11.8 Å². The van der Waals surface area contributed by atoms with Crippen LogP contribution in [-0.2, 0) is 11.3 Å². The molecule has 3 aromatic rings. The van der Waals surface area contributed by atoms with Crippen molar-refractivity contribution in [2.24, 2.45) is 0 Å². The fraction of sp³-hybridized carbons (Fsp3) is 0.200. The second-order valence-corrected chi connectivity index (χ2v) is 7.69. The van der Waals surface area contributed by atoms with Gasteiger partial charge in [-0.05, 0) is 30.3 Å². The van der Waals surface area contributed by atoms with E-state index in [1.54, 1.807) is 49.1 Å². The van der Waals surface area contributed by atoms with Crippen LogP contribution in [0.2, 0.25) is 0 Å². The number of amides is 2. The van der Waals surface area contributed by atoms with Crippen LogP contribution in [0.1, 0.15) is 22.6 Å². The normalized spacial score (nSPS) is 13.5. The maximum atomic E-state index is 12.8. The van der Waals surface area contributed by atoms with Gasteiger partial charge in [-0.25, -0.2) is 4.98 Å². The average Bonchev–Trinajstić information content (AvgIpc) is 2.87. The highest BCUT2D eigenvalue weighted by Gasteiger charge is 2.18. The highest BCUT2D eigenvalue weighted by Crippen LogP contribution is 2.31. The maximum Gasteiger partial charge on any atom is 0.258 e. The molecule has 0 bridgehead atoms. The van der Waals surface area contributed by atoms with Crippen LogP contribution in [0, 0.1) is 0 Å². The van der Waals surface area contributed by atoms with Gasteiger partial charge in [0, 0.05) is 29.7 Å². The predicted molar refractivity (Wildman–Crippen MR) is 109 cm³/mol. The predicted octanol–water partition coefficient (Wildman–Crippen LogP) is 2.63. The van der Waals surface area contributed by atoms with Crippen LogP contribution in [0.3, 0.4) is 0 Å². The number of nitrogens with one attached hydrogen (secondary N) is 2. The Balaban J connectivity index is 1.57. The number of aromatic amines is 1. The van der Waals surface area contributed by atoms with Crippen molar-refractivity contribution in [3.05, 3.63) is 64.2 Å². The minimum atomic E-state index is -0.230. The number of carbonyl (C=O) groups is 2. The lowest BCUT2D eigenvalue weighted by molar-refractivity contribution is -0.115. The van der Waals surface area contributed by atoms with E-state index in [1.807, 2.05) is 12.1 Å². The minimum Gasteiger partial charge on any atom is -0.334 e. The third-order valence-electron chi connectivity index (χ3n) is 4.48. The standard InChI is InChI=1S/C20H18N4O3S/c1-24(11-17-21-14-5-3-2-4-13(14)19(26)23-17)20(27)12-6-7-16-15(10-12)22-18(25)8-9-28-16/h2-7,10H,8-9,11H2,1H3,(H,22,25)(H,21,23,26). The van der Waals surface area contributed by atoms with E-state index < -0.39 is 0 Å². The van der Waals surface area contributed by atoms with Gasteiger partial charge in [0.25, 0.3) is 11.5 Å². The highest BCUT2D eigenvalue weighted by atomic mass is 32.2. The molecule has 1 aliphatic rings. The number of para-hydroxylation sites is 1. The number of nitrogens with zero attached hydrogens (tertiary/aromatic N) is 2. The smallest absolute Gasteiger partial charge is 0.258 e. The number of hydrogen-bond donors (Lipinski definition) is 2. The van der Waals surface area contributed by atoms with E-state index in [2.05, 4.69) is 15.3 Å². The first-order valence-electron chi connectivity index (χ1n) is 8.81. The van der Waals surface area contributed by atoms with Crippen LogP contribution in [0.25, 0.3) is 10.9 Å².